The number of nitrogens with zero attached hydrogens (tertiary/aromatic N) is 1. The number of rotatable bonds is 36. The minimum Gasteiger partial charge on any atom is -0.481 e. The Labute approximate surface area is 317 Å². The molecule has 0 aromatic carbocycles. The number of likely N-dealkylation sites (N-methyl/N-ethyl adjacent to an activating group) is 1. The van der Waals surface area contributed by atoms with Gasteiger partial charge in [-0.3, -0.25) is 24.0 Å². The van der Waals surface area contributed by atoms with Crippen LogP contribution in [0.25, 0.3) is 0 Å². The summed E-state index contributed by atoms with van der Waals surface area (Å²) < 4.78 is 22.1. The van der Waals surface area contributed by atoms with E-state index in [9.17, 15) is 28.8 Å². The molecule has 0 aromatic heterocycles. The van der Waals surface area contributed by atoms with Crippen molar-refractivity contribution in [3.63, 3.8) is 0 Å². The van der Waals surface area contributed by atoms with E-state index in [-0.39, 0.29) is 51.7 Å². The van der Waals surface area contributed by atoms with Crippen molar-refractivity contribution in [1.29, 1.82) is 0 Å². The predicted molar refractivity (Wildman–Crippen MR) is 200 cm³/mol. The molecule has 0 radical (unpaired) electrons. The van der Waals surface area contributed by atoms with E-state index in [2.05, 4.69) is 17.1 Å². The van der Waals surface area contributed by atoms with Gasteiger partial charge in [-0.25, -0.2) is 4.79 Å². The Kier molecular flexibility index (Phi) is 32.1. The lowest BCUT2D eigenvalue weighted by Crippen LogP contribution is -2.35. The zero-order chi connectivity index (χ0) is 39.5. The standard InChI is InChI=1S/C39H70N2O12/c1-4-6-7-8-11-16-21-32(53-39(49)40-28-29-41(3)5-2)26-27-38(48)52-33(30-50-36(46)24-19-14-9-12-17-22-34(42)43)31-51-37(47)25-20-15-10-13-18-23-35(44)45/h32-33H,4-31H2,1-3H3,(H,40,49)(H,42,43)(H,44,45). The second kappa shape index (κ2) is 34.4. The first kappa shape index (κ1) is 49.6. The van der Waals surface area contributed by atoms with Gasteiger partial charge in [-0.2, -0.15) is 0 Å². The summed E-state index contributed by atoms with van der Waals surface area (Å²) in [6.07, 6.45) is 12.7. The van der Waals surface area contributed by atoms with Crippen molar-refractivity contribution in [2.45, 2.75) is 174 Å². The molecule has 0 saturated carbocycles. The maximum atomic E-state index is 13.0. The van der Waals surface area contributed by atoms with Crippen LogP contribution in [0.3, 0.4) is 0 Å². The second-order valence-corrected chi connectivity index (χ2v) is 13.7. The van der Waals surface area contributed by atoms with Crippen molar-refractivity contribution in [3.8, 4) is 0 Å². The van der Waals surface area contributed by atoms with Crippen molar-refractivity contribution in [1.82, 2.24) is 10.2 Å². The molecule has 0 bridgehead atoms. The Bertz CT molecular complexity index is 965. The third kappa shape index (κ3) is 34.1. The van der Waals surface area contributed by atoms with Crippen LogP contribution in [0.5, 0.6) is 0 Å². The smallest absolute Gasteiger partial charge is 0.407 e. The van der Waals surface area contributed by atoms with Crippen LogP contribution < -0.4 is 5.32 Å². The number of amides is 1. The highest BCUT2D eigenvalue weighted by molar-refractivity contribution is 5.71. The monoisotopic (exact) mass is 758 g/mol. The van der Waals surface area contributed by atoms with Gasteiger partial charge in [-0.05, 0) is 58.5 Å². The zero-order valence-electron chi connectivity index (χ0n) is 32.9. The molecule has 0 aliphatic rings. The largest absolute Gasteiger partial charge is 0.481 e. The number of esters is 3. The first-order chi connectivity index (χ1) is 25.5. The number of carbonyl (C=O) groups is 6. The van der Waals surface area contributed by atoms with Crippen LogP contribution in [0, 0.1) is 0 Å². The molecule has 3 N–H and O–H groups in total. The van der Waals surface area contributed by atoms with Crippen LogP contribution in [0.1, 0.15) is 162 Å². The summed E-state index contributed by atoms with van der Waals surface area (Å²) >= 11 is 0. The number of aliphatic carboxylic acids is 2. The fourth-order valence-electron chi connectivity index (χ4n) is 5.42. The van der Waals surface area contributed by atoms with Gasteiger partial charge >= 0.3 is 35.9 Å². The fourth-order valence-corrected chi connectivity index (χ4v) is 5.42. The molecular weight excluding hydrogens is 688 g/mol. The number of unbranched alkanes of at least 4 members (excludes halogenated alkanes) is 13. The van der Waals surface area contributed by atoms with Gasteiger partial charge in [0.15, 0.2) is 6.10 Å². The highest BCUT2D eigenvalue weighted by Crippen LogP contribution is 2.16. The molecule has 0 aliphatic carbocycles. The van der Waals surface area contributed by atoms with Gasteiger partial charge in [0.1, 0.15) is 19.3 Å². The molecule has 1 amide bonds. The lowest BCUT2D eigenvalue weighted by atomic mass is 10.0. The lowest BCUT2D eigenvalue weighted by Gasteiger charge is -2.21. The number of alkyl carbamates (subject to hydrolysis) is 1. The number of carboxylic acid groups (broad SMARTS) is 2. The highest BCUT2D eigenvalue weighted by atomic mass is 16.6. The van der Waals surface area contributed by atoms with Crippen LogP contribution in [0.15, 0.2) is 0 Å². The van der Waals surface area contributed by atoms with E-state index >= 15 is 0 Å². The normalized spacial score (nSPS) is 11.6. The predicted octanol–water partition coefficient (Wildman–Crippen LogP) is 7.19. The lowest BCUT2D eigenvalue weighted by molar-refractivity contribution is -0.167. The molecule has 14 nitrogen and oxygen atoms in total. The minimum atomic E-state index is -1.01. The summed E-state index contributed by atoms with van der Waals surface area (Å²) in [5, 5.41) is 20.3. The first-order valence-electron chi connectivity index (χ1n) is 20.0. The Morgan fingerprint density at radius 2 is 1.02 bits per heavy atom. The van der Waals surface area contributed by atoms with Crippen molar-refractivity contribution >= 4 is 35.9 Å². The first-order valence-corrected chi connectivity index (χ1v) is 20.0. The number of hydrogen-bond acceptors (Lipinski definition) is 11. The Hall–Kier alpha value is -3.42. The van der Waals surface area contributed by atoms with Crippen molar-refractivity contribution in [2.75, 3.05) is 39.9 Å². The third-order valence-corrected chi connectivity index (χ3v) is 8.83. The van der Waals surface area contributed by atoms with E-state index in [4.69, 9.17) is 29.2 Å². The van der Waals surface area contributed by atoms with Crippen LogP contribution in [-0.2, 0) is 42.9 Å². The second-order valence-electron chi connectivity index (χ2n) is 13.7. The molecule has 0 saturated heterocycles. The molecule has 53 heavy (non-hydrogen) atoms. The van der Waals surface area contributed by atoms with Gasteiger partial charge in [0.2, 0.25) is 0 Å². The van der Waals surface area contributed by atoms with Gasteiger partial charge in [0.05, 0.1) is 0 Å². The van der Waals surface area contributed by atoms with Crippen molar-refractivity contribution in [2.24, 2.45) is 0 Å². The summed E-state index contributed by atoms with van der Waals surface area (Å²) in [6, 6.07) is 0. The molecule has 1 unspecified atom stereocenters. The summed E-state index contributed by atoms with van der Waals surface area (Å²) in [7, 11) is 1.96. The number of carboxylic acids is 2. The molecule has 0 fully saturated rings. The maximum Gasteiger partial charge on any atom is 0.407 e. The number of carbonyl (C=O) groups excluding carboxylic acids is 4. The molecule has 0 spiro atoms. The van der Waals surface area contributed by atoms with Gasteiger partial charge in [0, 0.05) is 45.2 Å². The van der Waals surface area contributed by atoms with Gasteiger partial charge in [-0.15, -0.1) is 0 Å². The van der Waals surface area contributed by atoms with E-state index in [1.807, 2.05) is 14.0 Å². The topological polar surface area (TPSA) is 195 Å². The Balaban J connectivity index is 5.08. The zero-order valence-corrected chi connectivity index (χ0v) is 32.9. The number of ether oxygens (including phenoxy) is 4. The van der Waals surface area contributed by atoms with E-state index < -0.39 is 48.1 Å². The van der Waals surface area contributed by atoms with E-state index in [0.717, 1.165) is 77.2 Å². The molecule has 0 aromatic rings. The van der Waals surface area contributed by atoms with Crippen LogP contribution >= 0.6 is 0 Å². The number of nitrogens with one attached hydrogen (secondary N) is 1. The molecule has 0 aliphatic heterocycles. The van der Waals surface area contributed by atoms with Gasteiger partial charge in [-0.1, -0.05) is 84.5 Å². The van der Waals surface area contributed by atoms with E-state index in [1.165, 1.54) is 6.42 Å². The van der Waals surface area contributed by atoms with Gasteiger partial charge < -0.3 is 39.4 Å². The Morgan fingerprint density at radius 3 is 1.51 bits per heavy atom. The minimum absolute atomic E-state index is 0.0471. The van der Waals surface area contributed by atoms with E-state index in [0.29, 0.717) is 45.2 Å². The van der Waals surface area contributed by atoms with Crippen LogP contribution in [0.2, 0.25) is 0 Å². The molecule has 0 rings (SSSR count). The van der Waals surface area contributed by atoms with Crippen LogP contribution in [0.4, 0.5) is 4.79 Å². The highest BCUT2D eigenvalue weighted by Gasteiger charge is 2.22. The molecule has 0 heterocycles. The average Bonchev–Trinajstić information content (AvgIpc) is 3.11. The summed E-state index contributed by atoms with van der Waals surface area (Å²) in [4.78, 5) is 73.8. The quantitative estimate of drug-likeness (QED) is 0.0330. The SMILES string of the molecule is CCCCCCCCC(CCC(=O)OC(COC(=O)CCCCCCCC(=O)O)COC(=O)CCCCCCCC(=O)O)OC(=O)NCCN(C)CC. The maximum absolute atomic E-state index is 13.0. The average molecular weight is 759 g/mol. The molecule has 1 atom stereocenters. The van der Waals surface area contributed by atoms with Crippen molar-refractivity contribution in [3.05, 3.63) is 0 Å². The fraction of sp³-hybridized carbons (Fsp3) is 0.846. The summed E-state index contributed by atoms with van der Waals surface area (Å²) in [5.74, 6) is -3.19. The molecule has 308 valence electrons. The van der Waals surface area contributed by atoms with Gasteiger partial charge in [0.25, 0.3) is 0 Å². The summed E-state index contributed by atoms with van der Waals surface area (Å²) in [6.45, 7) is 5.59. The summed E-state index contributed by atoms with van der Waals surface area (Å²) in [5.41, 5.74) is 0. The van der Waals surface area contributed by atoms with Crippen molar-refractivity contribution < 1.29 is 57.9 Å². The number of hydrogen-bond donors (Lipinski definition) is 3. The van der Waals surface area contributed by atoms with E-state index in [1.54, 1.807) is 0 Å². The van der Waals surface area contributed by atoms with Crippen LogP contribution in [-0.4, -0.2) is 103 Å². The molecular formula is C39H70N2O12. The third-order valence-electron chi connectivity index (χ3n) is 8.83. The molecule has 14 heteroatoms. The Morgan fingerprint density at radius 1 is 0.547 bits per heavy atom.